The van der Waals surface area contributed by atoms with Gasteiger partial charge < -0.3 is 9.64 Å². The van der Waals surface area contributed by atoms with E-state index in [0.717, 1.165) is 4.47 Å². The fraction of sp³-hybridized carbons (Fsp3) is 0.556. The molecule has 8 heteroatoms. The summed E-state index contributed by atoms with van der Waals surface area (Å²) in [7, 11) is 0. The second-order valence-electron chi connectivity index (χ2n) is 6.92. The molecule has 1 aromatic rings. The molecule has 5 nitrogen and oxygen atoms in total. The zero-order chi connectivity index (χ0) is 19.1. The molecule has 1 saturated carbocycles. The van der Waals surface area contributed by atoms with Gasteiger partial charge in [-0.15, -0.1) is 0 Å². The van der Waals surface area contributed by atoms with Crippen LogP contribution in [0, 0.1) is 0 Å². The molecule has 0 radical (unpaired) electrons. The second kappa shape index (κ2) is 7.13. The van der Waals surface area contributed by atoms with Gasteiger partial charge in [-0.05, 0) is 38.0 Å². The number of anilines is 2. The van der Waals surface area contributed by atoms with Crippen molar-refractivity contribution in [2.45, 2.75) is 57.6 Å². The molecule has 2 amide bonds. The third kappa shape index (κ3) is 3.84. The Kier molecular flexibility index (Phi) is 5.23. The highest BCUT2D eigenvalue weighted by molar-refractivity contribution is 9.10. The molecule has 1 heterocycles. The minimum atomic E-state index is -2.66. The molecule has 0 saturated heterocycles. The van der Waals surface area contributed by atoms with Gasteiger partial charge in [0, 0.05) is 30.8 Å². The van der Waals surface area contributed by atoms with Crippen molar-refractivity contribution in [3.8, 4) is 0 Å². The Morgan fingerprint density at radius 1 is 1.23 bits per heavy atom. The lowest BCUT2D eigenvalue weighted by Gasteiger charge is -2.41. The second-order valence-corrected chi connectivity index (χ2v) is 7.84. The normalized spacial score (nSPS) is 22.7. The zero-order valence-corrected chi connectivity index (χ0v) is 16.3. The van der Waals surface area contributed by atoms with Gasteiger partial charge >= 0.3 is 6.09 Å². The standard InChI is InChI=1S/C18H21BrF2N2O3/c1-11-10-22(17(25)26-14-5-7-18(20,21)8-6-14)16-9-13(19)3-4-15(16)23(11)12(2)24/h3-4,9,11,14H,5-8,10H2,1-2H3. The molecule has 0 N–H and O–H groups in total. The van der Waals surface area contributed by atoms with Gasteiger partial charge in [0.25, 0.3) is 0 Å². The Balaban J connectivity index is 1.81. The van der Waals surface area contributed by atoms with Crippen LogP contribution in [-0.2, 0) is 9.53 Å². The average molecular weight is 431 g/mol. The molecule has 0 aromatic heterocycles. The molecule has 142 valence electrons. The van der Waals surface area contributed by atoms with Crippen molar-refractivity contribution < 1.29 is 23.1 Å². The molecule has 0 bridgehead atoms. The van der Waals surface area contributed by atoms with Crippen molar-refractivity contribution in [3.05, 3.63) is 22.7 Å². The van der Waals surface area contributed by atoms with Gasteiger partial charge in [-0.2, -0.15) is 0 Å². The molecular formula is C18H21BrF2N2O3. The first-order chi connectivity index (χ1) is 12.2. The number of carbonyl (C=O) groups excluding carboxylic acids is 2. The molecule has 1 unspecified atom stereocenters. The first-order valence-corrected chi connectivity index (χ1v) is 9.42. The minimum Gasteiger partial charge on any atom is -0.446 e. The van der Waals surface area contributed by atoms with E-state index in [9.17, 15) is 18.4 Å². The summed E-state index contributed by atoms with van der Waals surface area (Å²) in [6.45, 7) is 3.62. The SMILES string of the molecule is CC(=O)N1c2ccc(Br)cc2N(C(=O)OC2CCC(F)(F)CC2)CC1C. The lowest BCUT2D eigenvalue weighted by atomic mass is 9.94. The summed E-state index contributed by atoms with van der Waals surface area (Å²) in [5, 5.41) is 0. The van der Waals surface area contributed by atoms with Crippen LogP contribution in [0.1, 0.15) is 39.5 Å². The highest BCUT2D eigenvalue weighted by atomic mass is 79.9. The molecule has 2 aliphatic rings. The maximum absolute atomic E-state index is 13.3. The summed E-state index contributed by atoms with van der Waals surface area (Å²) in [6.07, 6.45) is -1.27. The van der Waals surface area contributed by atoms with Crippen LogP contribution >= 0.6 is 15.9 Å². The third-order valence-corrected chi connectivity index (χ3v) is 5.36. The topological polar surface area (TPSA) is 49.9 Å². The van der Waals surface area contributed by atoms with E-state index < -0.39 is 18.1 Å². The van der Waals surface area contributed by atoms with Crippen molar-refractivity contribution in [1.29, 1.82) is 0 Å². The maximum Gasteiger partial charge on any atom is 0.414 e. The molecule has 1 aromatic carbocycles. The van der Waals surface area contributed by atoms with E-state index in [2.05, 4.69) is 15.9 Å². The van der Waals surface area contributed by atoms with Crippen LogP contribution in [0.4, 0.5) is 25.0 Å². The molecule has 0 spiro atoms. The smallest absolute Gasteiger partial charge is 0.414 e. The van der Waals surface area contributed by atoms with Gasteiger partial charge in [0.15, 0.2) is 0 Å². The van der Waals surface area contributed by atoms with Crippen molar-refractivity contribution >= 4 is 39.3 Å². The van der Waals surface area contributed by atoms with E-state index in [0.29, 0.717) is 11.4 Å². The summed E-state index contributed by atoms with van der Waals surface area (Å²) < 4.78 is 32.8. The van der Waals surface area contributed by atoms with Gasteiger partial charge in [-0.3, -0.25) is 9.69 Å². The van der Waals surface area contributed by atoms with Crippen molar-refractivity contribution in [2.24, 2.45) is 0 Å². The van der Waals surface area contributed by atoms with E-state index in [-0.39, 0.29) is 44.2 Å². The van der Waals surface area contributed by atoms with Crippen molar-refractivity contribution in [2.75, 3.05) is 16.3 Å². The van der Waals surface area contributed by atoms with Crippen LogP contribution in [0.5, 0.6) is 0 Å². The Bertz CT molecular complexity index is 718. The van der Waals surface area contributed by atoms with Crippen LogP contribution in [-0.4, -0.2) is 36.6 Å². The predicted octanol–water partition coefficient (Wildman–Crippen LogP) is 4.73. The number of halogens is 3. The molecule has 1 atom stereocenters. The van der Waals surface area contributed by atoms with E-state index >= 15 is 0 Å². The molecule has 3 rings (SSSR count). The Labute approximate surface area is 159 Å². The largest absolute Gasteiger partial charge is 0.446 e. The van der Waals surface area contributed by atoms with E-state index in [4.69, 9.17) is 4.74 Å². The lowest BCUT2D eigenvalue weighted by Crippen LogP contribution is -2.52. The molecule has 1 fully saturated rings. The van der Waals surface area contributed by atoms with Gasteiger partial charge in [-0.25, -0.2) is 13.6 Å². The summed E-state index contributed by atoms with van der Waals surface area (Å²) >= 11 is 3.38. The van der Waals surface area contributed by atoms with Gasteiger partial charge in [-0.1, -0.05) is 15.9 Å². The molecule has 1 aliphatic carbocycles. The summed E-state index contributed by atoms with van der Waals surface area (Å²) in [6, 6.07) is 5.12. The number of carbonyl (C=O) groups is 2. The Morgan fingerprint density at radius 3 is 2.50 bits per heavy atom. The number of benzene rings is 1. The maximum atomic E-state index is 13.3. The average Bonchev–Trinajstić information content (AvgIpc) is 2.55. The number of nitrogens with zero attached hydrogens (tertiary/aromatic N) is 2. The Hall–Kier alpha value is -1.70. The molecule has 26 heavy (non-hydrogen) atoms. The fourth-order valence-electron chi connectivity index (χ4n) is 3.59. The van der Waals surface area contributed by atoms with Crippen molar-refractivity contribution in [3.63, 3.8) is 0 Å². The van der Waals surface area contributed by atoms with Crippen LogP contribution in [0.25, 0.3) is 0 Å². The van der Waals surface area contributed by atoms with Gasteiger partial charge in [0.1, 0.15) is 6.10 Å². The van der Waals surface area contributed by atoms with Crippen LogP contribution in [0.15, 0.2) is 22.7 Å². The first-order valence-electron chi connectivity index (χ1n) is 8.63. The third-order valence-electron chi connectivity index (χ3n) is 4.87. The summed E-state index contributed by atoms with van der Waals surface area (Å²) in [4.78, 5) is 27.9. The highest BCUT2D eigenvalue weighted by Crippen LogP contribution is 2.39. The molecular weight excluding hydrogens is 410 g/mol. The number of alkyl halides is 2. The quantitative estimate of drug-likeness (QED) is 0.647. The summed E-state index contributed by atoms with van der Waals surface area (Å²) in [5.74, 6) is -2.77. The minimum absolute atomic E-state index is 0.108. The molecule has 1 aliphatic heterocycles. The lowest BCUT2D eigenvalue weighted by molar-refractivity contribution is -0.117. The number of rotatable bonds is 1. The number of hydrogen-bond acceptors (Lipinski definition) is 3. The number of fused-ring (bicyclic) bond motifs is 1. The number of amides is 2. The monoisotopic (exact) mass is 430 g/mol. The summed E-state index contributed by atoms with van der Waals surface area (Å²) in [5.41, 5.74) is 1.20. The van der Waals surface area contributed by atoms with Crippen molar-refractivity contribution in [1.82, 2.24) is 0 Å². The fourth-order valence-corrected chi connectivity index (χ4v) is 3.94. The van der Waals surface area contributed by atoms with Crippen LogP contribution in [0.3, 0.4) is 0 Å². The van der Waals surface area contributed by atoms with Crippen LogP contribution < -0.4 is 9.80 Å². The van der Waals surface area contributed by atoms with E-state index in [1.807, 2.05) is 6.92 Å². The van der Waals surface area contributed by atoms with E-state index in [1.54, 1.807) is 23.1 Å². The predicted molar refractivity (Wildman–Crippen MR) is 97.8 cm³/mol. The van der Waals surface area contributed by atoms with E-state index in [1.165, 1.54) is 11.8 Å². The number of hydrogen-bond donors (Lipinski definition) is 0. The van der Waals surface area contributed by atoms with Gasteiger partial charge in [0.05, 0.1) is 17.4 Å². The zero-order valence-electron chi connectivity index (χ0n) is 14.7. The van der Waals surface area contributed by atoms with Crippen LogP contribution in [0.2, 0.25) is 0 Å². The first kappa shape index (κ1) is 19.1. The number of ether oxygens (including phenoxy) is 1. The van der Waals surface area contributed by atoms with Gasteiger partial charge in [0.2, 0.25) is 11.8 Å². The highest BCUT2D eigenvalue weighted by Gasteiger charge is 2.39. The Morgan fingerprint density at radius 2 is 1.88 bits per heavy atom.